The maximum Gasteiger partial charge on any atom is 0.329 e. The van der Waals surface area contributed by atoms with E-state index >= 15 is 0 Å². The molecule has 1 aromatic carbocycles. The molecule has 1 atom stereocenters. The van der Waals surface area contributed by atoms with E-state index in [4.69, 9.17) is 0 Å². The zero-order chi connectivity index (χ0) is 14.9. The van der Waals surface area contributed by atoms with Gasteiger partial charge >= 0.3 is 5.97 Å². The van der Waals surface area contributed by atoms with Crippen LogP contribution in [0.15, 0.2) is 29.2 Å². The summed E-state index contributed by atoms with van der Waals surface area (Å²) < 4.78 is 0. The van der Waals surface area contributed by atoms with Gasteiger partial charge in [0, 0.05) is 17.2 Å². The van der Waals surface area contributed by atoms with E-state index in [2.05, 4.69) is 0 Å². The molecule has 1 aliphatic heterocycles. The zero-order valence-electron chi connectivity index (χ0n) is 11.9. The van der Waals surface area contributed by atoms with Gasteiger partial charge in [0.15, 0.2) is 0 Å². The largest absolute Gasteiger partial charge is 0.480 e. The van der Waals surface area contributed by atoms with Gasteiger partial charge in [-0.3, -0.25) is 4.79 Å². The monoisotopic (exact) mass is 293 g/mol. The topological polar surface area (TPSA) is 57.6 Å². The van der Waals surface area contributed by atoms with E-state index in [0.717, 1.165) is 10.5 Å². The minimum atomic E-state index is -1.19. The number of hydrogen-bond acceptors (Lipinski definition) is 3. The number of benzene rings is 1. The molecule has 2 rings (SSSR count). The highest BCUT2D eigenvalue weighted by Gasteiger charge is 2.41. The number of carboxylic acids is 1. The minimum absolute atomic E-state index is 0.0997. The number of nitrogens with zero attached hydrogens (tertiary/aromatic N) is 1. The number of amides is 1. The summed E-state index contributed by atoms with van der Waals surface area (Å²) in [6.07, 6.45) is 0. The second-order valence-electron chi connectivity index (χ2n) is 5.35. The first-order chi connectivity index (χ1) is 9.39. The fourth-order valence-electron chi connectivity index (χ4n) is 2.50. The number of aliphatic carboxylic acids is 1. The van der Waals surface area contributed by atoms with Crippen LogP contribution in [0.4, 0.5) is 0 Å². The molecule has 0 saturated heterocycles. The molecule has 1 aromatic rings. The van der Waals surface area contributed by atoms with E-state index in [-0.39, 0.29) is 11.8 Å². The SMILES string of the molecule is CCN(C(=O)C1CSc2ccccc21)C(C)(C)C(=O)O. The molecule has 0 bridgehead atoms. The molecule has 1 aliphatic rings. The highest BCUT2D eigenvalue weighted by Crippen LogP contribution is 2.40. The number of thioether (sulfide) groups is 1. The Morgan fingerprint density at radius 2 is 2.05 bits per heavy atom. The third-order valence-electron chi connectivity index (χ3n) is 3.78. The predicted molar refractivity (Wildman–Crippen MR) is 79.0 cm³/mol. The van der Waals surface area contributed by atoms with Crippen molar-refractivity contribution in [3.63, 3.8) is 0 Å². The Morgan fingerprint density at radius 3 is 2.65 bits per heavy atom. The molecule has 0 saturated carbocycles. The van der Waals surface area contributed by atoms with Gasteiger partial charge in [-0.15, -0.1) is 11.8 Å². The van der Waals surface area contributed by atoms with E-state index in [1.165, 1.54) is 4.90 Å². The van der Waals surface area contributed by atoms with Crippen molar-refractivity contribution in [1.82, 2.24) is 4.90 Å². The van der Waals surface area contributed by atoms with Crippen LogP contribution in [0.3, 0.4) is 0 Å². The Hall–Kier alpha value is -1.49. The summed E-state index contributed by atoms with van der Waals surface area (Å²) in [7, 11) is 0. The lowest BCUT2D eigenvalue weighted by molar-refractivity contribution is -0.157. The quantitative estimate of drug-likeness (QED) is 0.927. The van der Waals surface area contributed by atoms with Gasteiger partial charge in [-0.05, 0) is 32.4 Å². The lowest BCUT2D eigenvalue weighted by atomic mass is 9.95. The lowest BCUT2D eigenvalue weighted by Crippen LogP contribution is -2.54. The van der Waals surface area contributed by atoms with Crippen LogP contribution < -0.4 is 0 Å². The van der Waals surface area contributed by atoms with Crippen LogP contribution in [0.5, 0.6) is 0 Å². The Kier molecular flexibility index (Phi) is 4.09. The van der Waals surface area contributed by atoms with Crippen molar-refractivity contribution < 1.29 is 14.7 Å². The van der Waals surface area contributed by atoms with Crippen molar-refractivity contribution >= 4 is 23.6 Å². The molecular weight excluding hydrogens is 274 g/mol. The summed E-state index contributed by atoms with van der Waals surface area (Å²) in [5.74, 6) is -0.636. The molecule has 4 nitrogen and oxygen atoms in total. The van der Waals surface area contributed by atoms with Gasteiger partial charge in [0.05, 0.1) is 5.92 Å². The molecule has 5 heteroatoms. The molecule has 1 N–H and O–H groups in total. The van der Waals surface area contributed by atoms with Gasteiger partial charge in [0.2, 0.25) is 5.91 Å². The highest BCUT2D eigenvalue weighted by molar-refractivity contribution is 7.99. The number of fused-ring (bicyclic) bond motifs is 1. The third kappa shape index (κ3) is 2.42. The fraction of sp³-hybridized carbons (Fsp3) is 0.467. The summed E-state index contributed by atoms with van der Waals surface area (Å²) in [6.45, 7) is 5.35. The maximum absolute atomic E-state index is 12.7. The third-order valence-corrected chi connectivity index (χ3v) is 4.96. The summed E-state index contributed by atoms with van der Waals surface area (Å²) in [6, 6.07) is 7.84. The number of rotatable bonds is 4. The van der Waals surface area contributed by atoms with Crippen LogP contribution in [0.25, 0.3) is 0 Å². The van der Waals surface area contributed by atoms with Crippen LogP contribution in [0.2, 0.25) is 0 Å². The van der Waals surface area contributed by atoms with Gasteiger partial charge in [0.25, 0.3) is 0 Å². The summed E-state index contributed by atoms with van der Waals surface area (Å²) >= 11 is 1.66. The van der Waals surface area contributed by atoms with Gasteiger partial charge in [-0.2, -0.15) is 0 Å². The first-order valence-electron chi connectivity index (χ1n) is 6.66. The van der Waals surface area contributed by atoms with Crippen LogP contribution in [-0.4, -0.2) is 39.7 Å². The number of carbonyl (C=O) groups excluding carboxylic acids is 1. The van der Waals surface area contributed by atoms with E-state index in [1.54, 1.807) is 25.6 Å². The lowest BCUT2D eigenvalue weighted by Gasteiger charge is -2.36. The second kappa shape index (κ2) is 5.48. The molecule has 1 unspecified atom stereocenters. The Balaban J connectivity index is 2.30. The molecule has 20 heavy (non-hydrogen) atoms. The van der Waals surface area contributed by atoms with Gasteiger partial charge < -0.3 is 10.0 Å². The second-order valence-corrected chi connectivity index (χ2v) is 6.41. The van der Waals surface area contributed by atoms with Gasteiger partial charge in [-0.1, -0.05) is 18.2 Å². The zero-order valence-corrected chi connectivity index (χ0v) is 12.7. The molecular formula is C15H19NO3S. The van der Waals surface area contributed by atoms with Crippen LogP contribution >= 0.6 is 11.8 Å². The van der Waals surface area contributed by atoms with Crippen molar-refractivity contribution in [3.8, 4) is 0 Å². The fourth-order valence-corrected chi connectivity index (χ4v) is 3.72. The van der Waals surface area contributed by atoms with Crippen molar-refractivity contribution in [1.29, 1.82) is 0 Å². The molecule has 1 heterocycles. The van der Waals surface area contributed by atoms with Crippen LogP contribution in [0, 0.1) is 0 Å². The van der Waals surface area contributed by atoms with Crippen molar-refractivity contribution in [2.24, 2.45) is 0 Å². The van der Waals surface area contributed by atoms with E-state index in [1.807, 2.05) is 31.2 Å². The maximum atomic E-state index is 12.7. The number of carbonyl (C=O) groups is 2. The Labute approximate surface area is 123 Å². The van der Waals surface area contributed by atoms with Crippen molar-refractivity contribution in [2.75, 3.05) is 12.3 Å². The average molecular weight is 293 g/mol. The van der Waals surface area contributed by atoms with Gasteiger partial charge in [0.1, 0.15) is 5.54 Å². The van der Waals surface area contributed by atoms with E-state index in [0.29, 0.717) is 12.3 Å². The molecule has 108 valence electrons. The van der Waals surface area contributed by atoms with Crippen LogP contribution in [-0.2, 0) is 9.59 Å². The molecule has 0 radical (unpaired) electrons. The molecule has 0 fully saturated rings. The number of carboxylic acid groups (broad SMARTS) is 1. The Bertz CT molecular complexity index is 542. The minimum Gasteiger partial charge on any atom is -0.480 e. The Morgan fingerprint density at radius 1 is 1.40 bits per heavy atom. The molecule has 0 aliphatic carbocycles. The molecule has 0 spiro atoms. The molecule has 1 amide bonds. The highest BCUT2D eigenvalue weighted by atomic mass is 32.2. The summed E-state index contributed by atoms with van der Waals surface area (Å²) in [5.41, 5.74) is -0.171. The van der Waals surface area contributed by atoms with Crippen LogP contribution in [0.1, 0.15) is 32.3 Å². The smallest absolute Gasteiger partial charge is 0.329 e. The number of likely N-dealkylation sites (N-methyl/N-ethyl adjacent to an activating group) is 1. The standard InChI is InChI=1S/C15H19NO3S/c1-4-16(15(2,3)14(18)19)13(17)11-9-20-12-8-6-5-7-10(11)12/h5-8,11H,4,9H2,1-3H3,(H,18,19). The summed E-state index contributed by atoms with van der Waals surface area (Å²) in [4.78, 5) is 26.7. The predicted octanol–water partition coefficient (Wildman–Crippen LogP) is 2.59. The van der Waals surface area contributed by atoms with E-state index < -0.39 is 11.5 Å². The van der Waals surface area contributed by atoms with Crippen molar-refractivity contribution in [2.45, 2.75) is 37.1 Å². The summed E-state index contributed by atoms with van der Waals surface area (Å²) in [5, 5.41) is 9.33. The first kappa shape index (κ1) is 14.9. The van der Waals surface area contributed by atoms with E-state index in [9.17, 15) is 14.7 Å². The average Bonchev–Trinajstić information content (AvgIpc) is 2.82. The number of hydrogen-bond donors (Lipinski definition) is 1. The first-order valence-corrected chi connectivity index (χ1v) is 7.64. The van der Waals surface area contributed by atoms with Gasteiger partial charge in [-0.25, -0.2) is 4.79 Å². The molecule has 0 aromatic heterocycles. The normalized spacial score (nSPS) is 17.6. The van der Waals surface area contributed by atoms with Crippen molar-refractivity contribution in [3.05, 3.63) is 29.8 Å².